The lowest BCUT2D eigenvalue weighted by molar-refractivity contribution is 0.0991. The average molecular weight is 536 g/mol. The van der Waals surface area contributed by atoms with Gasteiger partial charge >= 0.3 is 0 Å². The first-order valence-corrected chi connectivity index (χ1v) is 14.3. The molecule has 2 aromatic heterocycles. The van der Waals surface area contributed by atoms with E-state index in [2.05, 4.69) is 80.5 Å². The van der Waals surface area contributed by atoms with Crippen molar-refractivity contribution in [2.24, 2.45) is 0 Å². The second-order valence-electron chi connectivity index (χ2n) is 11.3. The van der Waals surface area contributed by atoms with Gasteiger partial charge in [0.1, 0.15) is 5.82 Å². The fraction of sp³-hybridized carbons (Fsp3) is 0.375. The van der Waals surface area contributed by atoms with Gasteiger partial charge in [-0.2, -0.15) is 10.1 Å². The number of H-pyrrole nitrogens is 1. The van der Waals surface area contributed by atoms with E-state index in [1.807, 2.05) is 24.3 Å². The third kappa shape index (κ3) is 6.23. The number of ketones is 1. The molecule has 2 aliphatic rings. The Balaban J connectivity index is 1.00. The molecule has 6 rings (SSSR count). The lowest BCUT2D eigenvalue weighted by Gasteiger charge is -2.34. The predicted molar refractivity (Wildman–Crippen MR) is 158 cm³/mol. The van der Waals surface area contributed by atoms with E-state index in [9.17, 15) is 4.79 Å². The third-order valence-electron chi connectivity index (χ3n) is 7.85. The number of hydrogen-bond acceptors (Lipinski definition) is 7. The first-order chi connectivity index (χ1) is 19.5. The molecule has 4 aromatic rings. The van der Waals surface area contributed by atoms with Gasteiger partial charge in [0.15, 0.2) is 11.6 Å². The van der Waals surface area contributed by atoms with Crippen molar-refractivity contribution in [1.82, 2.24) is 25.1 Å². The number of Topliss-reactive ketones (excluding diaryl/α,β-unsaturated/α-hetero) is 1. The van der Waals surface area contributed by atoms with Gasteiger partial charge in [-0.15, -0.1) is 0 Å². The number of nitrogens with one attached hydrogen (secondary N) is 2. The molecular weight excluding hydrogens is 498 g/mol. The molecule has 0 amide bonds. The Bertz CT molecular complexity index is 1450. The summed E-state index contributed by atoms with van der Waals surface area (Å²) in [5.74, 6) is 3.45. The highest BCUT2D eigenvalue weighted by atomic mass is 16.1. The molecule has 1 saturated carbocycles. The van der Waals surface area contributed by atoms with E-state index in [0.29, 0.717) is 18.3 Å². The minimum Gasteiger partial charge on any atom is -0.338 e. The summed E-state index contributed by atoms with van der Waals surface area (Å²) in [5.41, 5.74) is 5.48. The molecule has 1 aliphatic carbocycles. The van der Waals surface area contributed by atoms with E-state index in [4.69, 9.17) is 4.98 Å². The van der Waals surface area contributed by atoms with Crippen LogP contribution < -0.4 is 10.2 Å². The van der Waals surface area contributed by atoms with E-state index in [1.165, 1.54) is 24.1 Å². The molecule has 2 fully saturated rings. The minimum absolute atomic E-state index is 0.182. The summed E-state index contributed by atoms with van der Waals surface area (Å²) in [7, 11) is 0. The molecule has 8 nitrogen and oxygen atoms in total. The molecule has 0 atom stereocenters. The first kappa shape index (κ1) is 26.2. The second-order valence-corrected chi connectivity index (χ2v) is 11.3. The Morgan fingerprint density at radius 1 is 0.975 bits per heavy atom. The Kier molecular flexibility index (Phi) is 7.60. The van der Waals surface area contributed by atoms with Gasteiger partial charge in [-0.1, -0.05) is 62.4 Å². The average Bonchev–Trinajstić information content (AvgIpc) is 3.73. The standard InChI is InChI=1S/C32H37N7O/c1-22(2)26-5-3-4-6-27(26)29(40)19-23-7-9-24(10-8-23)21-38-15-17-39(18-16-38)32-33-14-13-30(35-32)34-31-20-28(36-37-31)25-11-12-25/h3-10,13-14,20,22,25H,11-12,15-19,21H2,1-2H3,(H2,33,34,35,36,37). The van der Waals surface area contributed by atoms with Crippen LogP contribution in [0.5, 0.6) is 0 Å². The molecule has 2 N–H and O–H groups in total. The van der Waals surface area contributed by atoms with Crippen LogP contribution in [-0.4, -0.2) is 57.0 Å². The molecule has 1 aliphatic heterocycles. The lowest BCUT2D eigenvalue weighted by Crippen LogP contribution is -2.46. The number of aromatic amines is 1. The maximum absolute atomic E-state index is 13.0. The number of anilines is 3. The molecule has 8 heteroatoms. The largest absolute Gasteiger partial charge is 0.338 e. The van der Waals surface area contributed by atoms with Crippen LogP contribution in [0.2, 0.25) is 0 Å². The third-order valence-corrected chi connectivity index (χ3v) is 7.85. The second kappa shape index (κ2) is 11.6. The van der Waals surface area contributed by atoms with E-state index < -0.39 is 0 Å². The fourth-order valence-electron chi connectivity index (χ4n) is 5.37. The molecule has 40 heavy (non-hydrogen) atoms. The highest BCUT2D eigenvalue weighted by Crippen LogP contribution is 2.39. The monoisotopic (exact) mass is 535 g/mol. The summed E-state index contributed by atoms with van der Waals surface area (Å²) in [6.07, 6.45) is 4.72. The van der Waals surface area contributed by atoms with Gasteiger partial charge in [-0.25, -0.2) is 4.98 Å². The van der Waals surface area contributed by atoms with Crippen LogP contribution in [0.15, 0.2) is 66.9 Å². The topological polar surface area (TPSA) is 90.0 Å². The van der Waals surface area contributed by atoms with Crippen molar-refractivity contribution < 1.29 is 4.79 Å². The molecule has 0 bridgehead atoms. The van der Waals surface area contributed by atoms with E-state index >= 15 is 0 Å². The van der Waals surface area contributed by atoms with Crippen molar-refractivity contribution >= 4 is 23.4 Å². The summed E-state index contributed by atoms with van der Waals surface area (Å²) in [5, 5.41) is 10.8. The Labute approximate surface area is 235 Å². The summed E-state index contributed by atoms with van der Waals surface area (Å²) in [6.45, 7) is 8.79. The highest BCUT2D eigenvalue weighted by Gasteiger charge is 2.25. The molecule has 1 saturated heterocycles. The van der Waals surface area contributed by atoms with Crippen LogP contribution in [0.3, 0.4) is 0 Å². The predicted octanol–water partition coefficient (Wildman–Crippen LogP) is 5.69. The fourth-order valence-corrected chi connectivity index (χ4v) is 5.37. The van der Waals surface area contributed by atoms with Gasteiger partial charge in [-0.3, -0.25) is 14.8 Å². The van der Waals surface area contributed by atoms with Crippen LogP contribution in [-0.2, 0) is 13.0 Å². The molecular formula is C32H37N7O. The number of carbonyl (C=O) groups excluding carboxylic acids is 1. The van der Waals surface area contributed by atoms with Crippen molar-refractivity contribution in [3.8, 4) is 0 Å². The van der Waals surface area contributed by atoms with Crippen LogP contribution in [0.1, 0.15) is 71.3 Å². The van der Waals surface area contributed by atoms with E-state index in [1.54, 1.807) is 6.20 Å². The van der Waals surface area contributed by atoms with Crippen molar-refractivity contribution in [2.75, 3.05) is 36.4 Å². The molecule has 206 valence electrons. The molecule has 3 heterocycles. The molecule has 0 unspecified atom stereocenters. The van der Waals surface area contributed by atoms with Crippen molar-refractivity contribution in [1.29, 1.82) is 0 Å². The molecule has 2 aromatic carbocycles. The Morgan fingerprint density at radius 3 is 2.48 bits per heavy atom. The number of hydrogen-bond donors (Lipinski definition) is 2. The number of nitrogens with zero attached hydrogens (tertiary/aromatic N) is 5. The zero-order chi connectivity index (χ0) is 27.5. The van der Waals surface area contributed by atoms with Gasteiger partial charge in [0.25, 0.3) is 0 Å². The van der Waals surface area contributed by atoms with Gasteiger partial charge < -0.3 is 10.2 Å². The van der Waals surface area contributed by atoms with E-state index in [0.717, 1.165) is 67.0 Å². The zero-order valence-electron chi connectivity index (χ0n) is 23.3. The van der Waals surface area contributed by atoms with Gasteiger partial charge in [0.2, 0.25) is 5.95 Å². The summed E-state index contributed by atoms with van der Waals surface area (Å²) >= 11 is 0. The summed E-state index contributed by atoms with van der Waals surface area (Å²) < 4.78 is 0. The highest BCUT2D eigenvalue weighted by molar-refractivity contribution is 5.99. The SMILES string of the molecule is CC(C)c1ccccc1C(=O)Cc1ccc(CN2CCN(c3nccc(Nc4cc(C5CC5)[nH]n4)n3)CC2)cc1. The molecule has 0 radical (unpaired) electrons. The first-order valence-electron chi connectivity index (χ1n) is 14.3. The van der Waals surface area contributed by atoms with Crippen LogP contribution in [0.4, 0.5) is 17.6 Å². The Hall–Kier alpha value is -4.04. The van der Waals surface area contributed by atoms with Gasteiger partial charge in [0.05, 0.1) is 0 Å². The normalized spacial score (nSPS) is 15.9. The van der Waals surface area contributed by atoms with Gasteiger partial charge in [0, 0.05) is 68.6 Å². The number of carbonyl (C=O) groups is 1. The lowest BCUT2D eigenvalue weighted by atomic mass is 9.92. The van der Waals surface area contributed by atoms with Crippen LogP contribution in [0.25, 0.3) is 0 Å². The number of piperazine rings is 1. The summed E-state index contributed by atoms with van der Waals surface area (Å²) in [4.78, 5) is 27.0. The van der Waals surface area contributed by atoms with Gasteiger partial charge in [-0.05, 0) is 41.5 Å². The quantitative estimate of drug-likeness (QED) is 0.252. The minimum atomic E-state index is 0.182. The van der Waals surface area contributed by atoms with Crippen molar-refractivity contribution in [3.63, 3.8) is 0 Å². The van der Waals surface area contributed by atoms with Crippen LogP contribution in [0, 0.1) is 0 Å². The maximum atomic E-state index is 13.0. The zero-order valence-corrected chi connectivity index (χ0v) is 23.3. The number of benzene rings is 2. The van der Waals surface area contributed by atoms with Crippen molar-refractivity contribution in [2.45, 2.75) is 51.5 Å². The van der Waals surface area contributed by atoms with Crippen molar-refractivity contribution in [3.05, 3.63) is 94.8 Å². The number of aromatic nitrogens is 4. The van der Waals surface area contributed by atoms with E-state index in [-0.39, 0.29) is 5.78 Å². The summed E-state index contributed by atoms with van der Waals surface area (Å²) in [6, 6.07) is 20.4. The molecule has 0 spiro atoms. The smallest absolute Gasteiger partial charge is 0.227 e. The van der Waals surface area contributed by atoms with Crippen LogP contribution >= 0.6 is 0 Å². The number of rotatable bonds is 10. The Morgan fingerprint density at radius 2 is 1.73 bits per heavy atom. The maximum Gasteiger partial charge on any atom is 0.227 e.